The highest BCUT2D eigenvalue weighted by atomic mass is 16.3. The van der Waals surface area contributed by atoms with Gasteiger partial charge in [-0.1, -0.05) is 13.8 Å². The third-order valence-corrected chi connectivity index (χ3v) is 4.27. The van der Waals surface area contributed by atoms with Gasteiger partial charge >= 0.3 is 0 Å². The van der Waals surface area contributed by atoms with Gasteiger partial charge in [0, 0.05) is 31.7 Å². The van der Waals surface area contributed by atoms with E-state index in [0.29, 0.717) is 0 Å². The zero-order valence-corrected chi connectivity index (χ0v) is 13.1. The van der Waals surface area contributed by atoms with E-state index in [2.05, 4.69) is 35.9 Å². The quantitative estimate of drug-likeness (QED) is 0.660. The van der Waals surface area contributed by atoms with Crippen LogP contribution in [0.1, 0.15) is 40.0 Å². The van der Waals surface area contributed by atoms with E-state index in [0.717, 1.165) is 19.4 Å². The van der Waals surface area contributed by atoms with E-state index >= 15 is 0 Å². The van der Waals surface area contributed by atoms with E-state index in [4.69, 9.17) is 0 Å². The Bertz CT molecular complexity index is 229. The molecule has 0 aromatic carbocycles. The number of aliphatic hydroxyl groups excluding tert-OH is 1. The zero-order valence-electron chi connectivity index (χ0n) is 13.1. The van der Waals surface area contributed by atoms with Crippen LogP contribution < -0.4 is 5.32 Å². The van der Waals surface area contributed by atoms with Gasteiger partial charge in [0.2, 0.25) is 0 Å². The summed E-state index contributed by atoms with van der Waals surface area (Å²) >= 11 is 0. The van der Waals surface area contributed by atoms with Gasteiger partial charge in [-0.3, -0.25) is 0 Å². The van der Waals surface area contributed by atoms with Crippen molar-refractivity contribution in [3.05, 3.63) is 0 Å². The number of likely N-dealkylation sites (N-methyl/N-ethyl adjacent to an activating group) is 1. The molecule has 2 N–H and O–H groups in total. The molecule has 1 fully saturated rings. The Morgan fingerprint density at radius 2 is 1.74 bits per heavy atom. The van der Waals surface area contributed by atoms with Crippen molar-refractivity contribution in [2.45, 2.75) is 45.6 Å². The fraction of sp³-hybridized carbons (Fsp3) is 1.00. The highest BCUT2D eigenvalue weighted by Gasteiger charge is 2.22. The molecule has 0 amide bonds. The molecule has 1 heterocycles. The Balaban J connectivity index is 2.18. The lowest BCUT2D eigenvalue weighted by atomic mass is 9.96. The molecular formula is C15H33N3O. The largest absolute Gasteiger partial charge is 0.394 e. The van der Waals surface area contributed by atoms with Crippen LogP contribution in [0.5, 0.6) is 0 Å². The van der Waals surface area contributed by atoms with Gasteiger partial charge in [0.15, 0.2) is 0 Å². The first kappa shape index (κ1) is 16.9. The van der Waals surface area contributed by atoms with Crippen molar-refractivity contribution in [2.24, 2.45) is 0 Å². The maximum absolute atomic E-state index is 9.53. The standard InChI is InChI=1S/C15H33N3O/c1-4-8-16-15(3,14-19)7-6-9-18-12-10-17(5-2)11-13-18/h16,19H,4-14H2,1-3H3. The zero-order chi connectivity index (χ0) is 14.1. The predicted molar refractivity (Wildman–Crippen MR) is 81.6 cm³/mol. The fourth-order valence-electron chi connectivity index (χ4n) is 2.67. The summed E-state index contributed by atoms with van der Waals surface area (Å²) < 4.78 is 0. The Kier molecular flexibility index (Phi) is 7.91. The topological polar surface area (TPSA) is 38.7 Å². The van der Waals surface area contributed by atoms with Gasteiger partial charge in [-0.2, -0.15) is 0 Å². The Morgan fingerprint density at radius 3 is 2.26 bits per heavy atom. The average molecular weight is 271 g/mol. The summed E-state index contributed by atoms with van der Waals surface area (Å²) in [6, 6.07) is 0. The summed E-state index contributed by atoms with van der Waals surface area (Å²) in [4.78, 5) is 5.07. The molecule has 0 saturated carbocycles. The highest BCUT2D eigenvalue weighted by molar-refractivity contribution is 4.82. The van der Waals surface area contributed by atoms with Gasteiger partial charge in [-0.05, 0) is 45.8 Å². The average Bonchev–Trinajstić information content (AvgIpc) is 2.46. The van der Waals surface area contributed by atoms with Crippen LogP contribution in [0.3, 0.4) is 0 Å². The van der Waals surface area contributed by atoms with Gasteiger partial charge < -0.3 is 20.2 Å². The summed E-state index contributed by atoms with van der Waals surface area (Å²) in [7, 11) is 0. The van der Waals surface area contributed by atoms with Gasteiger partial charge in [0.25, 0.3) is 0 Å². The minimum atomic E-state index is -0.0960. The summed E-state index contributed by atoms with van der Waals surface area (Å²) in [5.74, 6) is 0. The predicted octanol–water partition coefficient (Wildman–Crippen LogP) is 1.15. The van der Waals surface area contributed by atoms with Crippen molar-refractivity contribution >= 4 is 0 Å². The third-order valence-electron chi connectivity index (χ3n) is 4.27. The smallest absolute Gasteiger partial charge is 0.0610 e. The lowest BCUT2D eigenvalue weighted by Gasteiger charge is -2.35. The maximum atomic E-state index is 9.53. The molecule has 1 unspecified atom stereocenters. The van der Waals surface area contributed by atoms with Gasteiger partial charge in [-0.15, -0.1) is 0 Å². The number of piperazine rings is 1. The molecule has 4 nitrogen and oxygen atoms in total. The van der Waals surface area contributed by atoms with Crippen molar-refractivity contribution in [1.29, 1.82) is 0 Å². The summed E-state index contributed by atoms with van der Waals surface area (Å²) in [6.45, 7) is 14.9. The summed E-state index contributed by atoms with van der Waals surface area (Å²) in [6.07, 6.45) is 3.34. The van der Waals surface area contributed by atoms with Crippen molar-refractivity contribution in [2.75, 3.05) is 52.4 Å². The van der Waals surface area contributed by atoms with Crippen molar-refractivity contribution in [3.8, 4) is 0 Å². The number of rotatable bonds is 9. The van der Waals surface area contributed by atoms with Gasteiger partial charge in [-0.25, -0.2) is 0 Å². The molecule has 114 valence electrons. The second-order valence-corrected chi connectivity index (χ2v) is 6.03. The SMILES string of the molecule is CCCNC(C)(CO)CCCN1CCN(CC)CC1. The van der Waals surface area contributed by atoms with Crippen LogP contribution in [-0.4, -0.2) is 72.9 Å². The first-order valence-electron chi connectivity index (χ1n) is 7.94. The fourth-order valence-corrected chi connectivity index (χ4v) is 2.67. The van der Waals surface area contributed by atoms with Crippen molar-refractivity contribution in [3.63, 3.8) is 0 Å². The van der Waals surface area contributed by atoms with E-state index in [9.17, 15) is 5.11 Å². The van der Waals surface area contributed by atoms with Crippen LogP contribution in [0.4, 0.5) is 0 Å². The minimum absolute atomic E-state index is 0.0960. The van der Waals surface area contributed by atoms with Crippen LogP contribution in [-0.2, 0) is 0 Å². The maximum Gasteiger partial charge on any atom is 0.0610 e. The molecule has 0 spiro atoms. The van der Waals surface area contributed by atoms with Crippen molar-refractivity contribution in [1.82, 2.24) is 15.1 Å². The molecule has 4 heteroatoms. The van der Waals surface area contributed by atoms with Gasteiger partial charge in [0.05, 0.1) is 6.61 Å². The highest BCUT2D eigenvalue weighted by Crippen LogP contribution is 2.13. The molecule has 0 bridgehead atoms. The van der Waals surface area contributed by atoms with Crippen molar-refractivity contribution < 1.29 is 5.11 Å². The van der Waals surface area contributed by atoms with E-state index in [1.54, 1.807) is 0 Å². The summed E-state index contributed by atoms with van der Waals surface area (Å²) in [5, 5.41) is 13.0. The molecule has 1 aliphatic rings. The molecule has 0 aromatic heterocycles. The molecule has 1 aliphatic heterocycles. The van der Waals surface area contributed by atoms with E-state index in [1.165, 1.54) is 45.7 Å². The lowest BCUT2D eigenvalue weighted by molar-refractivity contribution is 0.123. The molecular weight excluding hydrogens is 238 g/mol. The van der Waals surface area contributed by atoms with Crippen LogP contribution in [0, 0.1) is 0 Å². The van der Waals surface area contributed by atoms with Crippen LogP contribution in [0.25, 0.3) is 0 Å². The number of hydrogen-bond acceptors (Lipinski definition) is 4. The van der Waals surface area contributed by atoms with Crippen LogP contribution in [0.15, 0.2) is 0 Å². The first-order chi connectivity index (χ1) is 9.13. The monoisotopic (exact) mass is 271 g/mol. The van der Waals surface area contributed by atoms with E-state index in [1.807, 2.05) is 0 Å². The molecule has 1 saturated heterocycles. The first-order valence-corrected chi connectivity index (χ1v) is 7.94. The number of aliphatic hydroxyl groups is 1. The Hall–Kier alpha value is -0.160. The molecule has 0 aromatic rings. The second-order valence-electron chi connectivity index (χ2n) is 6.03. The minimum Gasteiger partial charge on any atom is -0.394 e. The number of nitrogens with zero attached hydrogens (tertiary/aromatic N) is 2. The molecule has 0 aliphatic carbocycles. The van der Waals surface area contributed by atoms with Crippen LogP contribution >= 0.6 is 0 Å². The Morgan fingerprint density at radius 1 is 1.11 bits per heavy atom. The summed E-state index contributed by atoms with van der Waals surface area (Å²) in [5.41, 5.74) is -0.0960. The molecule has 0 radical (unpaired) electrons. The second kappa shape index (κ2) is 8.90. The lowest BCUT2D eigenvalue weighted by Crippen LogP contribution is -2.48. The number of nitrogens with one attached hydrogen (secondary N) is 1. The molecule has 1 rings (SSSR count). The third kappa shape index (κ3) is 6.21. The van der Waals surface area contributed by atoms with Crippen LogP contribution in [0.2, 0.25) is 0 Å². The van der Waals surface area contributed by atoms with E-state index in [-0.39, 0.29) is 12.1 Å². The molecule has 1 atom stereocenters. The van der Waals surface area contributed by atoms with Gasteiger partial charge in [0.1, 0.15) is 0 Å². The number of hydrogen-bond donors (Lipinski definition) is 2. The Labute approximate surface area is 119 Å². The molecule has 19 heavy (non-hydrogen) atoms. The van der Waals surface area contributed by atoms with E-state index < -0.39 is 0 Å². The normalized spacial score (nSPS) is 21.5.